The molecule has 0 spiro atoms. The topological polar surface area (TPSA) is 115 Å². The van der Waals surface area contributed by atoms with Crippen LogP contribution in [0.5, 0.6) is 0 Å². The summed E-state index contributed by atoms with van der Waals surface area (Å²) >= 11 is 0. The fourth-order valence-corrected chi connectivity index (χ4v) is 0.213. The second-order valence-electron chi connectivity index (χ2n) is 3.72. The molecule has 0 aliphatic heterocycles. The summed E-state index contributed by atoms with van der Waals surface area (Å²) in [6.45, 7) is 13.3. The summed E-state index contributed by atoms with van der Waals surface area (Å²) in [5.41, 5.74) is 0. The Hall–Kier alpha value is -0.266. The van der Waals surface area contributed by atoms with E-state index in [1.807, 2.05) is 0 Å². The maximum absolute atomic E-state index is 9.87. The van der Waals surface area contributed by atoms with E-state index in [1.54, 1.807) is 20.8 Å². The molecule has 0 saturated heterocycles. The van der Waals surface area contributed by atoms with Crippen LogP contribution in [0.25, 0.3) is 0 Å². The quantitative estimate of drug-likeness (QED) is 0.344. The van der Waals surface area contributed by atoms with E-state index in [-0.39, 0.29) is 53.7 Å². The van der Waals surface area contributed by atoms with Crippen molar-refractivity contribution in [1.29, 1.82) is 0 Å². The molecule has 0 aromatic rings. The third-order valence-electron chi connectivity index (χ3n) is 0.400. The molecule has 0 aromatic heterocycles. The molecule has 0 fully saturated rings. The number of aliphatic hydroxyl groups excluding tert-OH is 3. The number of aliphatic hydroxyl groups is 3. The van der Waals surface area contributed by atoms with Gasteiger partial charge in [-0.05, 0) is 27.7 Å². The number of ketones is 1. The van der Waals surface area contributed by atoms with Crippen LogP contribution in [0.15, 0.2) is 0 Å². The normalized spacial score (nSPS) is 7.00. The molecule has 0 unspecified atom stereocenters. The van der Waals surface area contributed by atoms with Crippen LogP contribution in [0.1, 0.15) is 54.9 Å². The first-order valence-corrected chi connectivity index (χ1v) is 6.41. The Morgan fingerprint density at radius 2 is 1.00 bits per heavy atom. The van der Waals surface area contributed by atoms with E-state index >= 15 is 0 Å². The number of hydrogen-bond acceptors (Lipinski definition) is 5. The summed E-state index contributed by atoms with van der Waals surface area (Å²) in [5, 5.41) is 30.6. The van der Waals surface area contributed by atoms with Crippen molar-refractivity contribution in [3.05, 3.63) is 5.92 Å². The van der Waals surface area contributed by atoms with Crippen LogP contribution in [0.3, 0.4) is 0 Å². The Morgan fingerprint density at radius 3 is 1.00 bits per heavy atom. The van der Waals surface area contributed by atoms with Gasteiger partial charge in [0.2, 0.25) is 0 Å². The van der Waals surface area contributed by atoms with E-state index in [0.717, 1.165) is 0 Å². The minimum Gasteiger partial charge on any atom is -0.481 e. The predicted octanol–water partition coefficient (Wildman–Crippen LogP) is 1.66. The largest absolute Gasteiger partial charge is 0.481 e. The molecule has 0 radical (unpaired) electrons. The van der Waals surface area contributed by atoms with Gasteiger partial charge in [-0.1, -0.05) is 0 Å². The van der Waals surface area contributed by atoms with Crippen molar-refractivity contribution in [2.75, 3.05) is 19.8 Å². The van der Waals surface area contributed by atoms with Gasteiger partial charge in [0.05, 0.1) is 0 Å². The number of carbonyl (C=O) groups is 2. The Morgan fingerprint density at radius 1 is 0.857 bits per heavy atom. The summed E-state index contributed by atoms with van der Waals surface area (Å²) in [6, 6.07) is 0. The minimum absolute atomic E-state index is 0. The molecule has 0 saturated carbocycles. The van der Waals surface area contributed by atoms with Gasteiger partial charge in [0.25, 0.3) is 0 Å². The van der Waals surface area contributed by atoms with Gasteiger partial charge in [0.1, 0.15) is 12.2 Å². The second kappa shape index (κ2) is 42.7. The smallest absolute Gasteiger partial charge is 0.310 e. The molecule has 130 valence electrons. The van der Waals surface area contributed by atoms with Crippen molar-refractivity contribution in [2.45, 2.75) is 54.9 Å². The fraction of sp³-hybridized carbons (Fsp3) is 0.786. The molecule has 0 heterocycles. The number of carboxylic acid groups (broad SMARTS) is 1. The first-order chi connectivity index (χ1) is 9.10. The zero-order chi connectivity index (χ0) is 17.6. The van der Waals surface area contributed by atoms with Crippen molar-refractivity contribution < 1.29 is 51.7 Å². The van der Waals surface area contributed by atoms with E-state index in [9.17, 15) is 9.59 Å². The molecular formula is C14H33O6Ti-. The van der Waals surface area contributed by atoms with E-state index in [4.69, 9.17) is 20.4 Å². The zero-order valence-electron chi connectivity index (χ0n) is 14.4. The maximum atomic E-state index is 9.87. The molecule has 0 aliphatic carbocycles. The van der Waals surface area contributed by atoms with Crippen LogP contribution in [-0.2, 0) is 31.3 Å². The average Bonchev–Trinajstić information content (AvgIpc) is 2.17. The minimum atomic E-state index is -1.06. The van der Waals surface area contributed by atoms with Gasteiger partial charge in [0, 0.05) is 41.5 Å². The Labute approximate surface area is 144 Å². The van der Waals surface area contributed by atoms with E-state index < -0.39 is 5.97 Å². The Kier molecular flexibility index (Phi) is 75.6. The first kappa shape index (κ1) is 37.2. The molecule has 0 atom stereocenters. The number of carboxylic acids is 1. The van der Waals surface area contributed by atoms with Crippen molar-refractivity contribution >= 4 is 11.8 Å². The van der Waals surface area contributed by atoms with Crippen LogP contribution >= 0.6 is 0 Å². The molecule has 0 bridgehead atoms. The summed E-state index contributed by atoms with van der Waals surface area (Å²) in [5.74, 6) is 0.0417. The number of Topliss-reactive ketones (excluding diaryl/α,β-unsaturated/α-hetero) is 1. The predicted molar refractivity (Wildman–Crippen MR) is 81.5 cm³/mol. The maximum Gasteiger partial charge on any atom is 0.310 e. The molecule has 6 nitrogen and oxygen atoms in total. The third kappa shape index (κ3) is 445. The third-order valence-corrected chi connectivity index (χ3v) is 0.400. The van der Waals surface area contributed by atoms with Gasteiger partial charge < -0.3 is 26.3 Å². The molecule has 7 heteroatoms. The first-order valence-electron chi connectivity index (χ1n) is 6.41. The average molecular weight is 345 g/mol. The molecule has 0 aliphatic rings. The van der Waals surface area contributed by atoms with Crippen LogP contribution < -0.4 is 0 Å². The van der Waals surface area contributed by atoms with Gasteiger partial charge in [-0.15, -0.1) is 0 Å². The van der Waals surface area contributed by atoms with E-state index in [1.165, 1.54) is 12.8 Å². The standard InChI is InChI=1S/C4H6O3.C4H9.3C2H6O.Ti/c1-3(5)2-4(6)7;1-4(2)3;3*1-2-3;/h2H2,1H3,(H,6,7);1-3H3;3*3H,2H2,1H3;/q;-1;;;;. The van der Waals surface area contributed by atoms with Crippen LogP contribution in [0.2, 0.25) is 0 Å². The van der Waals surface area contributed by atoms with Crippen LogP contribution in [-0.4, -0.2) is 52.0 Å². The zero-order valence-corrected chi connectivity index (χ0v) is 16.0. The van der Waals surface area contributed by atoms with E-state index in [0.29, 0.717) is 0 Å². The SMILES string of the molecule is CC(=O)CC(=O)O.CCO.CCO.CCO.C[C-](C)C.[Ti]. The van der Waals surface area contributed by atoms with Crippen molar-refractivity contribution in [3.63, 3.8) is 0 Å². The Bertz CT molecular complexity index is 155. The summed E-state index contributed by atoms with van der Waals surface area (Å²) in [7, 11) is 0. The monoisotopic (exact) mass is 345 g/mol. The fourth-order valence-electron chi connectivity index (χ4n) is 0.213. The number of rotatable bonds is 2. The van der Waals surface area contributed by atoms with Gasteiger partial charge in [-0.3, -0.25) is 9.59 Å². The molecule has 0 amide bonds. The molecule has 4 N–H and O–H groups in total. The Balaban J connectivity index is -0.0000000352. The number of hydrogen-bond donors (Lipinski definition) is 4. The molecule has 0 aromatic carbocycles. The van der Waals surface area contributed by atoms with Crippen LogP contribution in [0.4, 0.5) is 0 Å². The number of carbonyl (C=O) groups excluding carboxylic acids is 1. The second-order valence-corrected chi connectivity index (χ2v) is 3.72. The van der Waals surface area contributed by atoms with E-state index in [2.05, 4.69) is 20.8 Å². The van der Waals surface area contributed by atoms with Gasteiger partial charge in [0.15, 0.2) is 0 Å². The summed E-state index contributed by atoms with van der Waals surface area (Å²) < 4.78 is 0. The number of aliphatic carboxylic acids is 1. The molecular weight excluding hydrogens is 312 g/mol. The molecule has 21 heavy (non-hydrogen) atoms. The van der Waals surface area contributed by atoms with Crippen molar-refractivity contribution in [3.8, 4) is 0 Å². The van der Waals surface area contributed by atoms with Crippen molar-refractivity contribution in [2.24, 2.45) is 0 Å². The van der Waals surface area contributed by atoms with Gasteiger partial charge in [-0.25, -0.2) is 0 Å². The van der Waals surface area contributed by atoms with Crippen LogP contribution in [0, 0.1) is 5.92 Å². The van der Waals surface area contributed by atoms with Crippen molar-refractivity contribution in [1.82, 2.24) is 0 Å². The summed E-state index contributed by atoms with van der Waals surface area (Å²) in [6.07, 6.45) is -0.361. The molecule has 0 rings (SSSR count). The summed E-state index contributed by atoms with van der Waals surface area (Å²) in [4.78, 5) is 19.5. The van der Waals surface area contributed by atoms with Gasteiger partial charge >= 0.3 is 5.97 Å². The van der Waals surface area contributed by atoms with Gasteiger partial charge in [-0.2, -0.15) is 20.8 Å².